The predicted molar refractivity (Wildman–Crippen MR) is 72.7 cm³/mol. The van der Waals surface area contributed by atoms with Crippen LogP contribution in [0, 0.1) is 10.1 Å². The number of non-ortho nitro benzene ring substituents is 1. The first-order valence-corrected chi connectivity index (χ1v) is 6.55. The van der Waals surface area contributed by atoms with Gasteiger partial charge < -0.3 is 15.2 Å². The van der Waals surface area contributed by atoms with Crippen LogP contribution in [0.25, 0.3) is 0 Å². The molecular formula is C11H14N2O5S. The first-order chi connectivity index (χ1) is 9.08. The number of anilines is 1. The van der Waals surface area contributed by atoms with Gasteiger partial charge in [0.1, 0.15) is 5.75 Å². The maximum Gasteiger partial charge on any atom is 0.273 e. The zero-order valence-electron chi connectivity index (χ0n) is 10.3. The Balaban J connectivity index is 2.72. The molecule has 0 saturated heterocycles. The fraction of sp³-hybridized carbons (Fsp3) is 0.364. The third-order valence-electron chi connectivity index (χ3n) is 2.14. The molecule has 19 heavy (non-hydrogen) atoms. The van der Waals surface area contributed by atoms with E-state index in [-0.39, 0.29) is 29.7 Å². The Morgan fingerprint density at radius 2 is 2.32 bits per heavy atom. The fourth-order valence-electron chi connectivity index (χ4n) is 1.31. The molecule has 1 rings (SSSR count). The maximum atomic E-state index is 11.6. The summed E-state index contributed by atoms with van der Waals surface area (Å²) in [6, 6.07) is 3.96. The largest absolute Gasteiger partial charge is 0.494 e. The Hall–Kier alpha value is -1.80. The molecule has 0 fully saturated rings. The number of ether oxygens (including phenoxy) is 1. The van der Waals surface area contributed by atoms with Gasteiger partial charge in [-0.1, -0.05) is 0 Å². The summed E-state index contributed by atoms with van der Waals surface area (Å²) in [4.78, 5) is 21.6. The third kappa shape index (κ3) is 4.76. The molecule has 0 aliphatic rings. The Kier molecular flexibility index (Phi) is 6.10. The van der Waals surface area contributed by atoms with E-state index in [1.165, 1.54) is 37.1 Å². The summed E-state index contributed by atoms with van der Waals surface area (Å²) in [7, 11) is 1.37. The quantitative estimate of drug-likeness (QED) is 0.444. The van der Waals surface area contributed by atoms with Crippen LogP contribution in [-0.4, -0.2) is 41.2 Å². The highest BCUT2D eigenvalue weighted by atomic mass is 32.2. The van der Waals surface area contributed by atoms with Crippen LogP contribution in [0.15, 0.2) is 18.2 Å². The molecule has 0 aliphatic heterocycles. The number of nitro benzene ring substituents is 1. The van der Waals surface area contributed by atoms with E-state index in [1.807, 2.05) is 0 Å². The van der Waals surface area contributed by atoms with E-state index in [4.69, 9.17) is 9.84 Å². The molecule has 1 aromatic carbocycles. The molecular weight excluding hydrogens is 272 g/mol. The minimum Gasteiger partial charge on any atom is -0.494 e. The third-order valence-corrected chi connectivity index (χ3v) is 3.08. The Morgan fingerprint density at radius 3 is 2.89 bits per heavy atom. The summed E-state index contributed by atoms with van der Waals surface area (Å²) in [6.45, 7) is 0.0127. The zero-order valence-corrected chi connectivity index (χ0v) is 11.1. The minimum atomic E-state index is -0.536. The molecule has 1 amide bonds. The lowest BCUT2D eigenvalue weighted by molar-refractivity contribution is -0.384. The average molecular weight is 286 g/mol. The molecule has 0 saturated carbocycles. The highest BCUT2D eigenvalue weighted by Crippen LogP contribution is 2.29. The lowest BCUT2D eigenvalue weighted by atomic mass is 10.2. The van der Waals surface area contributed by atoms with Crippen molar-refractivity contribution in [2.45, 2.75) is 0 Å². The molecule has 0 heterocycles. The van der Waals surface area contributed by atoms with Gasteiger partial charge in [0.15, 0.2) is 0 Å². The Bertz CT molecular complexity index is 466. The highest BCUT2D eigenvalue weighted by molar-refractivity contribution is 7.99. The predicted octanol–water partition coefficient (Wildman–Crippen LogP) is 1.27. The molecule has 2 N–H and O–H groups in total. The van der Waals surface area contributed by atoms with Crippen LogP contribution in [0.5, 0.6) is 5.75 Å². The van der Waals surface area contributed by atoms with E-state index >= 15 is 0 Å². The standard InChI is InChI=1S/C11H14N2O5S/c1-18-10-6-8(13(16)17)2-3-9(10)12-11(15)7-19-5-4-14/h2-3,6,14H,4-5,7H2,1H3,(H,12,15). The molecule has 1 aromatic rings. The summed E-state index contributed by atoms with van der Waals surface area (Å²) in [6.07, 6.45) is 0. The van der Waals surface area contributed by atoms with Crippen molar-refractivity contribution in [3.8, 4) is 5.75 Å². The summed E-state index contributed by atoms with van der Waals surface area (Å²) in [5.41, 5.74) is 0.271. The first-order valence-electron chi connectivity index (χ1n) is 5.39. The maximum absolute atomic E-state index is 11.6. The van der Waals surface area contributed by atoms with E-state index in [9.17, 15) is 14.9 Å². The lowest BCUT2D eigenvalue weighted by Gasteiger charge is -2.09. The Morgan fingerprint density at radius 1 is 1.58 bits per heavy atom. The van der Waals surface area contributed by atoms with Gasteiger partial charge in [-0.2, -0.15) is 0 Å². The van der Waals surface area contributed by atoms with Crippen molar-refractivity contribution in [1.82, 2.24) is 0 Å². The molecule has 7 nitrogen and oxygen atoms in total. The molecule has 0 unspecified atom stereocenters. The Labute approximate surface area is 114 Å². The zero-order chi connectivity index (χ0) is 14.3. The van der Waals surface area contributed by atoms with Crippen molar-refractivity contribution < 1.29 is 19.6 Å². The van der Waals surface area contributed by atoms with E-state index < -0.39 is 4.92 Å². The van der Waals surface area contributed by atoms with E-state index in [0.717, 1.165) is 0 Å². The topological polar surface area (TPSA) is 102 Å². The van der Waals surface area contributed by atoms with Crippen molar-refractivity contribution in [3.63, 3.8) is 0 Å². The van der Waals surface area contributed by atoms with Gasteiger partial charge in [-0.05, 0) is 6.07 Å². The van der Waals surface area contributed by atoms with Crippen LogP contribution < -0.4 is 10.1 Å². The second-order valence-corrected chi connectivity index (χ2v) is 4.57. The number of nitrogens with one attached hydrogen (secondary N) is 1. The lowest BCUT2D eigenvalue weighted by Crippen LogP contribution is -2.15. The summed E-state index contributed by atoms with van der Waals surface area (Å²) >= 11 is 1.29. The molecule has 104 valence electrons. The van der Waals surface area contributed by atoms with Gasteiger partial charge >= 0.3 is 0 Å². The number of thioether (sulfide) groups is 1. The second kappa shape index (κ2) is 7.59. The average Bonchev–Trinajstić information content (AvgIpc) is 2.39. The summed E-state index contributed by atoms with van der Waals surface area (Å²) < 4.78 is 5.00. The molecule has 0 aromatic heterocycles. The molecule has 0 aliphatic carbocycles. The van der Waals surface area contributed by atoms with Gasteiger partial charge in [0.2, 0.25) is 5.91 Å². The van der Waals surface area contributed by atoms with E-state index in [0.29, 0.717) is 11.4 Å². The number of hydrogen-bond donors (Lipinski definition) is 2. The normalized spacial score (nSPS) is 10.0. The minimum absolute atomic E-state index is 0.0127. The van der Waals surface area contributed by atoms with Gasteiger partial charge in [-0.25, -0.2) is 0 Å². The molecule has 0 spiro atoms. The van der Waals surface area contributed by atoms with Gasteiger partial charge in [0.25, 0.3) is 5.69 Å². The van der Waals surface area contributed by atoms with E-state index in [1.54, 1.807) is 0 Å². The van der Waals surface area contributed by atoms with Gasteiger partial charge in [0, 0.05) is 11.8 Å². The van der Waals surface area contributed by atoms with Crippen molar-refractivity contribution in [2.24, 2.45) is 0 Å². The van der Waals surface area contributed by atoms with Crippen LogP contribution in [0.4, 0.5) is 11.4 Å². The fourth-order valence-corrected chi connectivity index (χ4v) is 1.84. The van der Waals surface area contributed by atoms with Crippen LogP contribution in [0.3, 0.4) is 0 Å². The highest BCUT2D eigenvalue weighted by Gasteiger charge is 2.13. The van der Waals surface area contributed by atoms with Crippen LogP contribution >= 0.6 is 11.8 Å². The number of carbonyl (C=O) groups excluding carboxylic acids is 1. The second-order valence-electron chi connectivity index (χ2n) is 3.47. The van der Waals surface area contributed by atoms with Crippen LogP contribution in [-0.2, 0) is 4.79 Å². The summed E-state index contributed by atoms with van der Waals surface area (Å²) in [5.74, 6) is 0.645. The molecule has 0 atom stereocenters. The summed E-state index contributed by atoms with van der Waals surface area (Å²) in [5, 5.41) is 21.8. The van der Waals surface area contributed by atoms with Gasteiger partial charge in [-0.15, -0.1) is 11.8 Å². The van der Waals surface area contributed by atoms with Gasteiger partial charge in [0.05, 0.1) is 36.1 Å². The van der Waals surface area contributed by atoms with Crippen molar-refractivity contribution in [2.75, 3.05) is 30.5 Å². The van der Waals surface area contributed by atoms with Crippen LogP contribution in [0.1, 0.15) is 0 Å². The number of carbonyl (C=O) groups is 1. The smallest absolute Gasteiger partial charge is 0.273 e. The molecule has 0 bridgehead atoms. The number of rotatable bonds is 7. The number of aliphatic hydroxyl groups excluding tert-OH is 1. The van der Waals surface area contributed by atoms with Crippen molar-refractivity contribution in [3.05, 3.63) is 28.3 Å². The van der Waals surface area contributed by atoms with Crippen molar-refractivity contribution in [1.29, 1.82) is 0 Å². The van der Waals surface area contributed by atoms with Gasteiger partial charge in [-0.3, -0.25) is 14.9 Å². The number of aliphatic hydroxyl groups is 1. The van der Waals surface area contributed by atoms with Crippen molar-refractivity contribution >= 4 is 29.0 Å². The SMILES string of the molecule is COc1cc([N+](=O)[O-])ccc1NC(=O)CSCCO. The number of nitrogens with zero attached hydrogens (tertiary/aromatic N) is 1. The number of nitro groups is 1. The number of methoxy groups -OCH3 is 1. The molecule has 0 radical (unpaired) electrons. The number of hydrogen-bond acceptors (Lipinski definition) is 6. The first kappa shape index (κ1) is 15.3. The van der Waals surface area contributed by atoms with E-state index in [2.05, 4.69) is 5.32 Å². The van der Waals surface area contributed by atoms with Crippen LogP contribution in [0.2, 0.25) is 0 Å². The number of amides is 1. The number of benzene rings is 1. The molecule has 8 heteroatoms. The monoisotopic (exact) mass is 286 g/mol.